The molecule has 0 aliphatic carbocycles. The Balaban J connectivity index is 1.68. The van der Waals surface area contributed by atoms with Gasteiger partial charge in [-0.2, -0.15) is 0 Å². The van der Waals surface area contributed by atoms with Crippen LogP contribution in [0.4, 0.5) is 4.39 Å². The molecule has 0 aliphatic rings. The van der Waals surface area contributed by atoms with Gasteiger partial charge in [0.15, 0.2) is 11.0 Å². The number of hydrogen-bond donors (Lipinski definition) is 0. The van der Waals surface area contributed by atoms with E-state index in [2.05, 4.69) is 10.2 Å². The smallest absolute Gasteiger partial charge is 0.233 e. The van der Waals surface area contributed by atoms with Gasteiger partial charge in [0.25, 0.3) is 0 Å². The Labute approximate surface area is 173 Å². The fourth-order valence-corrected chi connectivity index (χ4v) is 3.77. The van der Waals surface area contributed by atoms with E-state index in [1.54, 1.807) is 18.1 Å². The van der Waals surface area contributed by atoms with Crippen molar-refractivity contribution in [2.45, 2.75) is 18.6 Å². The van der Waals surface area contributed by atoms with E-state index < -0.39 is 0 Å². The van der Waals surface area contributed by atoms with Gasteiger partial charge in [0.05, 0.1) is 18.4 Å². The van der Waals surface area contributed by atoms with Crippen LogP contribution in [0.5, 0.6) is 5.75 Å². The van der Waals surface area contributed by atoms with Gasteiger partial charge in [0, 0.05) is 20.1 Å². The van der Waals surface area contributed by atoms with E-state index in [-0.39, 0.29) is 17.5 Å². The lowest BCUT2D eigenvalue weighted by Crippen LogP contribution is -2.31. The van der Waals surface area contributed by atoms with Crippen LogP contribution in [0.25, 0.3) is 11.4 Å². The summed E-state index contributed by atoms with van der Waals surface area (Å²) in [6.45, 7) is 2.82. The van der Waals surface area contributed by atoms with Gasteiger partial charge in [-0.25, -0.2) is 4.39 Å². The van der Waals surface area contributed by atoms with Crippen molar-refractivity contribution in [3.05, 3.63) is 59.9 Å². The number of rotatable bonds is 8. The molecule has 0 N–H and O–H groups in total. The highest BCUT2D eigenvalue weighted by Crippen LogP contribution is 2.30. The minimum atomic E-state index is -0.302. The molecule has 1 heterocycles. The van der Waals surface area contributed by atoms with Gasteiger partial charge >= 0.3 is 0 Å². The number of benzene rings is 2. The summed E-state index contributed by atoms with van der Waals surface area (Å²) >= 11 is 1.32. The lowest BCUT2D eigenvalue weighted by Gasteiger charge is -2.20. The second kappa shape index (κ2) is 9.56. The predicted molar refractivity (Wildman–Crippen MR) is 111 cm³/mol. The minimum Gasteiger partial charge on any atom is -0.496 e. The summed E-state index contributed by atoms with van der Waals surface area (Å²) in [5.74, 6) is 1.26. The van der Waals surface area contributed by atoms with Crippen LogP contribution in [-0.2, 0) is 18.4 Å². The molecule has 2 aromatic carbocycles. The Morgan fingerprint density at radius 1 is 1.21 bits per heavy atom. The summed E-state index contributed by atoms with van der Waals surface area (Å²) in [4.78, 5) is 14.4. The zero-order chi connectivity index (χ0) is 20.8. The largest absolute Gasteiger partial charge is 0.496 e. The van der Waals surface area contributed by atoms with Crippen molar-refractivity contribution in [3.63, 3.8) is 0 Å². The molecule has 6 nitrogen and oxygen atoms in total. The highest BCUT2D eigenvalue weighted by Gasteiger charge is 2.18. The van der Waals surface area contributed by atoms with Crippen LogP contribution in [-0.4, -0.2) is 45.0 Å². The average molecular weight is 415 g/mol. The molecule has 0 saturated heterocycles. The quantitative estimate of drug-likeness (QED) is 0.525. The van der Waals surface area contributed by atoms with Gasteiger partial charge in [0.1, 0.15) is 11.6 Å². The zero-order valence-corrected chi connectivity index (χ0v) is 17.4. The summed E-state index contributed by atoms with van der Waals surface area (Å²) in [6, 6.07) is 13.9. The molecule has 0 fully saturated rings. The van der Waals surface area contributed by atoms with Gasteiger partial charge in [-0.1, -0.05) is 36.0 Å². The lowest BCUT2D eigenvalue weighted by molar-refractivity contribution is -0.128. The predicted octanol–water partition coefficient (Wildman–Crippen LogP) is 3.77. The molecule has 152 valence electrons. The maximum Gasteiger partial charge on any atom is 0.233 e. The van der Waals surface area contributed by atoms with Gasteiger partial charge < -0.3 is 14.2 Å². The Hall–Kier alpha value is -2.87. The Kier molecular flexibility index (Phi) is 6.87. The van der Waals surface area contributed by atoms with E-state index in [0.717, 1.165) is 11.1 Å². The first kappa shape index (κ1) is 20.9. The van der Waals surface area contributed by atoms with E-state index in [1.165, 1.54) is 23.9 Å². The third-order valence-corrected chi connectivity index (χ3v) is 5.51. The number of thioether (sulfide) groups is 1. The van der Waals surface area contributed by atoms with Gasteiger partial charge in [-0.15, -0.1) is 10.2 Å². The second-order valence-corrected chi connectivity index (χ2v) is 7.33. The fraction of sp³-hybridized carbons (Fsp3) is 0.286. The summed E-state index contributed by atoms with van der Waals surface area (Å²) in [5, 5.41) is 9.12. The Morgan fingerprint density at radius 2 is 2.00 bits per heavy atom. The maximum absolute atomic E-state index is 13.4. The highest BCUT2D eigenvalue weighted by molar-refractivity contribution is 7.99. The number of carbonyl (C=O) groups excluding carboxylic acids is 1. The minimum absolute atomic E-state index is 0.0383. The first-order valence-electron chi connectivity index (χ1n) is 9.21. The summed E-state index contributed by atoms with van der Waals surface area (Å²) < 4.78 is 20.6. The third kappa shape index (κ3) is 4.95. The molecule has 29 heavy (non-hydrogen) atoms. The number of nitrogens with zero attached hydrogens (tertiary/aromatic N) is 4. The average Bonchev–Trinajstić information content (AvgIpc) is 3.10. The molecule has 8 heteroatoms. The van der Waals surface area contributed by atoms with Gasteiger partial charge in [0.2, 0.25) is 5.91 Å². The lowest BCUT2D eigenvalue weighted by atomic mass is 10.2. The third-order valence-electron chi connectivity index (χ3n) is 4.50. The Morgan fingerprint density at radius 3 is 2.72 bits per heavy atom. The number of amides is 1. The topological polar surface area (TPSA) is 60.3 Å². The molecule has 1 amide bonds. The highest BCUT2D eigenvalue weighted by atomic mass is 32.2. The standard InChI is InChI=1S/C21H23FN4O2S/c1-4-26(13-15-8-7-9-16(22)12-15)19(27)14-29-21-24-23-20(25(21)2)17-10-5-6-11-18(17)28-3/h5-12H,4,13-14H2,1-3H3. The van der Waals surface area contributed by atoms with Crippen molar-refractivity contribution >= 4 is 17.7 Å². The number of carbonyl (C=O) groups is 1. The molecule has 0 saturated carbocycles. The SMILES string of the molecule is CCN(Cc1cccc(F)c1)C(=O)CSc1nnc(-c2ccccc2OC)n1C. The van der Waals surface area contributed by atoms with Crippen molar-refractivity contribution in [2.75, 3.05) is 19.4 Å². The summed E-state index contributed by atoms with van der Waals surface area (Å²) in [6.07, 6.45) is 0. The Bertz CT molecular complexity index is 992. The summed E-state index contributed by atoms with van der Waals surface area (Å²) in [5.41, 5.74) is 1.60. The zero-order valence-electron chi connectivity index (χ0n) is 16.6. The molecule has 0 radical (unpaired) electrons. The van der Waals surface area contributed by atoms with Crippen molar-refractivity contribution in [1.29, 1.82) is 0 Å². The number of methoxy groups -OCH3 is 1. The van der Waals surface area contributed by atoms with E-state index in [4.69, 9.17) is 4.74 Å². The van der Waals surface area contributed by atoms with Crippen LogP contribution in [0.15, 0.2) is 53.7 Å². The van der Waals surface area contributed by atoms with Crippen molar-refractivity contribution in [1.82, 2.24) is 19.7 Å². The number of ether oxygens (including phenoxy) is 1. The van der Waals surface area contributed by atoms with Crippen LogP contribution in [0.1, 0.15) is 12.5 Å². The molecule has 1 aromatic heterocycles. The number of aromatic nitrogens is 3. The van der Waals surface area contributed by atoms with Crippen molar-refractivity contribution < 1.29 is 13.9 Å². The molecule has 0 atom stereocenters. The van der Waals surface area contributed by atoms with Crippen molar-refractivity contribution in [3.8, 4) is 17.1 Å². The monoisotopic (exact) mass is 414 g/mol. The van der Waals surface area contributed by atoms with Gasteiger partial charge in [-0.05, 0) is 36.8 Å². The van der Waals surface area contributed by atoms with Crippen LogP contribution in [0.3, 0.4) is 0 Å². The molecule has 3 rings (SSSR count). The molecule has 0 aliphatic heterocycles. The van der Waals surface area contributed by atoms with Crippen LogP contribution >= 0.6 is 11.8 Å². The van der Waals surface area contributed by atoms with E-state index in [9.17, 15) is 9.18 Å². The first-order chi connectivity index (χ1) is 14.0. The molecular formula is C21H23FN4O2S. The van der Waals surface area contributed by atoms with Gasteiger partial charge in [-0.3, -0.25) is 4.79 Å². The van der Waals surface area contributed by atoms with Crippen LogP contribution in [0, 0.1) is 5.82 Å². The normalized spacial score (nSPS) is 10.8. The maximum atomic E-state index is 13.4. The van der Waals surface area contributed by atoms with Crippen LogP contribution < -0.4 is 4.74 Å². The first-order valence-corrected chi connectivity index (χ1v) is 10.2. The van der Waals surface area contributed by atoms with Crippen molar-refractivity contribution in [2.24, 2.45) is 7.05 Å². The second-order valence-electron chi connectivity index (χ2n) is 6.39. The molecule has 0 bridgehead atoms. The van der Waals surface area contributed by atoms with Crippen LogP contribution in [0.2, 0.25) is 0 Å². The molecule has 3 aromatic rings. The van der Waals surface area contributed by atoms with E-state index in [1.807, 2.05) is 48.9 Å². The summed E-state index contributed by atoms with van der Waals surface area (Å²) in [7, 11) is 3.47. The molecule has 0 unspecified atom stereocenters. The van der Waals surface area contributed by atoms with E-state index in [0.29, 0.717) is 29.8 Å². The fourth-order valence-electron chi connectivity index (χ4n) is 2.95. The molecular weight excluding hydrogens is 391 g/mol. The number of hydrogen-bond acceptors (Lipinski definition) is 5. The molecule has 0 spiro atoms. The number of para-hydroxylation sites is 1. The number of halogens is 1. The van der Waals surface area contributed by atoms with E-state index >= 15 is 0 Å².